The maximum atomic E-state index is 14.0. The van der Waals surface area contributed by atoms with Gasteiger partial charge >= 0.3 is 0 Å². The van der Waals surface area contributed by atoms with E-state index in [1.807, 2.05) is 0 Å². The van der Waals surface area contributed by atoms with Crippen LogP contribution >= 0.6 is 0 Å². The van der Waals surface area contributed by atoms with Crippen molar-refractivity contribution >= 4 is 0 Å². The zero-order chi connectivity index (χ0) is 26.0. The van der Waals surface area contributed by atoms with Crippen LogP contribution in [0.5, 0.6) is 0 Å². The summed E-state index contributed by atoms with van der Waals surface area (Å²) in [5.41, 5.74) is 2.88. The Morgan fingerprint density at radius 1 is 0.784 bits per heavy atom. The van der Waals surface area contributed by atoms with Crippen LogP contribution in [0.25, 0.3) is 22.5 Å². The van der Waals surface area contributed by atoms with Gasteiger partial charge in [0.2, 0.25) is 0 Å². The Morgan fingerprint density at radius 2 is 1.38 bits per heavy atom. The lowest BCUT2D eigenvalue weighted by Crippen LogP contribution is -2.13. The number of hydrogen-bond acceptors (Lipinski definition) is 3. The molecular weight excluding hydrogens is 464 g/mol. The molecule has 3 nitrogen and oxygen atoms in total. The van der Waals surface area contributed by atoms with Gasteiger partial charge in [0, 0.05) is 23.5 Å². The van der Waals surface area contributed by atoms with Gasteiger partial charge in [-0.05, 0) is 60.8 Å². The van der Waals surface area contributed by atoms with Crippen LogP contribution in [-0.2, 0) is 0 Å². The van der Waals surface area contributed by atoms with Crippen LogP contribution in [0.2, 0.25) is 0 Å². The van der Waals surface area contributed by atoms with Gasteiger partial charge in [-0.2, -0.15) is 5.26 Å². The quantitative estimate of drug-likeness (QED) is 0.246. The van der Waals surface area contributed by atoms with Crippen LogP contribution in [0.3, 0.4) is 0 Å². The predicted octanol–water partition coefficient (Wildman–Crippen LogP) is 9.37. The first-order valence-corrected chi connectivity index (χ1v) is 13.9. The number of unbranched alkanes of at least 4 members (excludes halogenated alkanes) is 6. The smallest absolute Gasteiger partial charge is 0.159 e. The van der Waals surface area contributed by atoms with Gasteiger partial charge in [-0.25, -0.2) is 18.7 Å². The maximum Gasteiger partial charge on any atom is 0.159 e. The lowest BCUT2D eigenvalue weighted by molar-refractivity contribution is 0.302. The van der Waals surface area contributed by atoms with Gasteiger partial charge in [0.15, 0.2) is 5.82 Å². The van der Waals surface area contributed by atoms with E-state index in [1.54, 1.807) is 12.4 Å². The van der Waals surface area contributed by atoms with E-state index in [1.165, 1.54) is 88.7 Å². The van der Waals surface area contributed by atoms with Gasteiger partial charge in [0.1, 0.15) is 23.3 Å². The van der Waals surface area contributed by atoms with E-state index < -0.39 is 17.2 Å². The van der Waals surface area contributed by atoms with E-state index in [0.29, 0.717) is 5.92 Å². The van der Waals surface area contributed by atoms with Crippen LogP contribution in [0.4, 0.5) is 8.78 Å². The molecule has 0 unspecified atom stereocenters. The zero-order valence-electron chi connectivity index (χ0n) is 21.9. The minimum absolute atomic E-state index is 0.207. The van der Waals surface area contributed by atoms with E-state index in [2.05, 4.69) is 41.2 Å². The highest BCUT2D eigenvalue weighted by atomic mass is 19.1. The predicted molar refractivity (Wildman–Crippen MR) is 145 cm³/mol. The molecule has 1 aliphatic carbocycles. The monoisotopic (exact) mass is 501 g/mol. The molecule has 1 aromatic heterocycles. The SMILES string of the molecule is CCCCCCCCC[C@H]1CC[C@H](c2ccc(-c3cnc(-c4cc(F)c(C#N)c(F)c4)nc3)cc2)CC1. The number of aromatic nitrogens is 2. The molecule has 0 atom stereocenters. The van der Waals surface area contributed by atoms with Gasteiger partial charge in [0.05, 0.1) is 0 Å². The average Bonchev–Trinajstić information content (AvgIpc) is 2.93. The van der Waals surface area contributed by atoms with Crippen molar-refractivity contribution in [3.05, 3.63) is 71.6 Å². The van der Waals surface area contributed by atoms with Gasteiger partial charge in [-0.3, -0.25) is 0 Å². The number of benzene rings is 2. The highest BCUT2D eigenvalue weighted by molar-refractivity contribution is 5.64. The first kappa shape index (κ1) is 26.9. The molecule has 3 aromatic rings. The molecule has 5 heteroatoms. The van der Waals surface area contributed by atoms with Crippen molar-refractivity contribution in [1.82, 2.24) is 9.97 Å². The lowest BCUT2D eigenvalue weighted by Gasteiger charge is -2.29. The summed E-state index contributed by atoms with van der Waals surface area (Å²) >= 11 is 0. The van der Waals surface area contributed by atoms with Crippen molar-refractivity contribution in [3.63, 3.8) is 0 Å². The van der Waals surface area contributed by atoms with Crippen molar-refractivity contribution in [2.45, 2.75) is 89.9 Å². The number of halogens is 2. The Bertz CT molecular complexity index is 1150. The highest BCUT2D eigenvalue weighted by Gasteiger charge is 2.22. The molecule has 37 heavy (non-hydrogen) atoms. The lowest BCUT2D eigenvalue weighted by atomic mass is 9.77. The Morgan fingerprint density at radius 3 is 1.97 bits per heavy atom. The summed E-state index contributed by atoms with van der Waals surface area (Å²) in [4.78, 5) is 8.61. The van der Waals surface area contributed by atoms with E-state index >= 15 is 0 Å². The Kier molecular flexibility index (Phi) is 9.77. The molecule has 1 saturated carbocycles. The molecule has 1 fully saturated rings. The molecule has 194 valence electrons. The Labute approximate surface area is 220 Å². The molecule has 0 radical (unpaired) electrons. The molecule has 4 rings (SSSR count). The Balaban J connectivity index is 1.27. The molecule has 0 aliphatic heterocycles. The summed E-state index contributed by atoms with van der Waals surface area (Å²) in [6, 6.07) is 12.4. The minimum Gasteiger partial charge on any atom is -0.236 e. The fourth-order valence-corrected chi connectivity index (χ4v) is 5.56. The third-order valence-corrected chi connectivity index (χ3v) is 7.84. The van der Waals surface area contributed by atoms with Gasteiger partial charge in [-0.15, -0.1) is 0 Å². The van der Waals surface area contributed by atoms with Crippen LogP contribution < -0.4 is 0 Å². The summed E-state index contributed by atoms with van der Waals surface area (Å²) in [6.07, 6.45) is 19.7. The largest absolute Gasteiger partial charge is 0.236 e. The molecule has 0 N–H and O–H groups in total. The third-order valence-electron chi connectivity index (χ3n) is 7.84. The third kappa shape index (κ3) is 7.22. The molecule has 0 amide bonds. The van der Waals surface area contributed by atoms with Crippen LogP contribution in [-0.4, -0.2) is 9.97 Å². The first-order chi connectivity index (χ1) is 18.1. The standard InChI is InChI=1S/C32H37F2N3/c1-2-3-4-5-6-7-8-9-23-10-12-24(13-11-23)25-14-16-26(17-15-25)28-21-36-32(37-22-28)27-18-30(33)29(20-35)31(34)19-27/h14-19,21-24H,2-13H2,1H3/t23-,24-. The fraction of sp³-hybridized carbons (Fsp3) is 0.469. The molecule has 1 aliphatic rings. The van der Waals surface area contributed by atoms with Gasteiger partial charge < -0.3 is 0 Å². The molecular formula is C32H37F2N3. The highest BCUT2D eigenvalue weighted by Crippen LogP contribution is 2.38. The molecule has 2 aromatic carbocycles. The Hall–Kier alpha value is -3.13. The van der Waals surface area contributed by atoms with Crippen molar-refractivity contribution in [2.75, 3.05) is 0 Å². The second-order valence-corrected chi connectivity index (χ2v) is 10.5. The summed E-state index contributed by atoms with van der Waals surface area (Å²) in [6.45, 7) is 2.27. The number of nitrogens with zero attached hydrogens (tertiary/aromatic N) is 3. The molecule has 0 bridgehead atoms. The maximum absolute atomic E-state index is 14.0. The summed E-state index contributed by atoms with van der Waals surface area (Å²) in [5, 5.41) is 8.84. The van der Waals surface area contributed by atoms with E-state index in [4.69, 9.17) is 5.26 Å². The number of hydrogen-bond donors (Lipinski definition) is 0. The van der Waals surface area contributed by atoms with E-state index in [9.17, 15) is 8.78 Å². The van der Waals surface area contributed by atoms with Crippen LogP contribution in [0, 0.1) is 28.9 Å². The van der Waals surface area contributed by atoms with Crippen molar-refractivity contribution < 1.29 is 8.78 Å². The van der Waals surface area contributed by atoms with Crippen molar-refractivity contribution in [1.29, 1.82) is 5.26 Å². The van der Waals surface area contributed by atoms with Crippen LogP contribution in [0.1, 0.15) is 101 Å². The second kappa shape index (κ2) is 13.4. The van der Waals surface area contributed by atoms with E-state index in [0.717, 1.165) is 29.2 Å². The zero-order valence-corrected chi connectivity index (χ0v) is 21.9. The topological polar surface area (TPSA) is 49.6 Å². The summed E-state index contributed by atoms with van der Waals surface area (Å²) in [5.74, 6) is -0.0600. The van der Waals surface area contributed by atoms with Crippen LogP contribution in [0.15, 0.2) is 48.8 Å². The molecule has 1 heterocycles. The van der Waals surface area contributed by atoms with Gasteiger partial charge in [-0.1, -0.05) is 82.6 Å². The average molecular weight is 502 g/mol. The van der Waals surface area contributed by atoms with E-state index in [-0.39, 0.29) is 11.4 Å². The fourth-order valence-electron chi connectivity index (χ4n) is 5.56. The van der Waals surface area contributed by atoms with Crippen molar-refractivity contribution in [2.24, 2.45) is 5.92 Å². The summed E-state index contributed by atoms with van der Waals surface area (Å²) < 4.78 is 27.9. The minimum atomic E-state index is -0.910. The number of rotatable bonds is 11. The molecule has 0 saturated heterocycles. The summed E-state index contributed by atoms with van der Waals surface area (Å²) in [7, 11) is 0. The van der Waals surface area contributed by atoms with Crippen molar-refractivity contribution in [3.8, 4) is 28.6 Å². The molecule has 0 spiro atoms. The van der Waals surface area contributed by atoms with Gasteiger partial charge in [0.25, 0.3) is 0 Å². The number of nitriles is 1. The first-order valence-electron chi connectivity index (χ1n) is 13.9. The second-order valence-electron chi connectivity index (χ2n) is 10.5. The normalized spacial score (nSPS) is 17.5.